The van der Waals surface area contributed by atoms with Gasteiger partial charge in [0.2, 0.25) is 0 Å². The third-order valence-corrected chi connectivity index (χ3v) is 4.41. The summed E-state index contributed by atoms with van der Waals surface area (Å²) < 4.78 is 16.1. The Morgan fingerprint density at radius 3 is 2.24 bits per heavy atom. The summed E-state index contributed by atoms with van der Waals surface area (Å²) >= 11 is 0. The molecule has 0 aliphatic rings. The van der Waals surface area contributed by atoms with E-state index in [0.29, 0.717) is 30.0 Å². The Morgan fingerprint density at radius 1 is 1.03 bits per heavy atom. The third kappa shape index (κ3) is 5.73. The van der Waals surface area contributed by atoms with Gasteiger partial charge >= 0.3 is 6.09 Å². The SMILES string of the molecule is COc1cc(C=O)c(-c2ccccc2CCN(C)C(=O)OC(C)(C)C)cc1OC. The second-order valence-corrected chi connectivity index (χ2v) is 7.72. The summed E-state index contributed by atoms with van der Waals surface area (Å²) in [4.78, 5) is 25.5. The van der Waals surface area contributed by atoms with Gasteiger partial charge in [0.15, 0.2) is 17.8 Å². The zero-order chi connectivity index (χ0) is 21.6. The van der Waals surface area contributed by atoms with Gasteiger partial charge in [0.25, 0.3) is 0 Å². The molecule has 0 unspecified atom stereocenters. The van der Waals surface area contributed by atoms with E-state index in [1.807, 2.05) is 45.0 Å². The summed E-state index contributed by atoms with van der Waals surface area (Å²) in [5.74, 6) is 1.05. The number of rotatable bonds is 7. The number of amides is 1. The molecule has 2 aromatic carbocycles. The highest BCUT2D eigenvalue weighted by Crippen LogP contribution is 2.36. The average molecular weight is 399 g/mol. The van der Waals surface area contributed by atoms with Crippen LogP contribution in [0.3, 0.4) is 0 Å². The number of benzene rings is 2. The minimum Gasteiger partial charge on any atom is -0.493 e. The van der Waals surface area contributed by atoms with Gasteiger partial charge in [-0.1, -0.05) is 24.3 Å². The maximum absolute atomic E-state index is 12.2. The molecular weight excluding hydrogens is 370 g/mol. The van der Waals surface area contributed by atoms with E-state index in [0.717, 1.165) is 23.0 Å². The molecule has 0 aliphatic carbocycles. The van der Waals surface area contributed by atoms with E-state index in [1.165, 1.54) is 7.11 Å². The van der Waals surface area contributed by atoms with Crippen LogP contribution in [0.5, 0.6) is 11.5 Å². The van der Waals surface area contributed by atoms with Gasteiger partial charge in [-0.15, -0.1) is 0 Å². The first-order valence-corrected chi connectivity index (χ1v) is 9.43. The van der Waals surface area contributed by atoms with Crippen LogP contribution in [0.15, 0.2) is 36.4 Å². The molecule has 2 aromatic rings. The van der Waals surface area contributed by atoms with Gasteiger partial charge in [-0.05, 0) is 56.0 Å². The van der Waals surface area contributed by atoms with Crippen LogP contribution in [0, 0.1) is 0 Å². The van der Waals surface area contributed by atoms with Crippen molar-refractivity contribution < 1.29 is 23.8 Å². The van der Waals surface area contributed by atoms with Gasteiger partial charge in [0.05, 0.1) is 14.2 Å². The summed E-state index contributed by atoms with van der Waals surface area (Å²) in [5, 5.41) is 0. The lowest BCUT2D eigenvalue weighted by Gasteiger charge is -2.25. The quantitative estimate of drug-likeness (QED) is 0.637. The summed E-state index contributed by atoms with van der Waals surface area (Å²) in [5.41, 5.74) is 2.65. The Hall–Kier alpha value is -3.02. The fraction of sp³-hybridized carbons (Fsp3) is 0.391. The maximum atomic E-state index is 12.2. The molecular formula is C23H29NO5. The number of nitrogens with zero attached hydrogens (tertiary/aromatic N) is 1. The Bertz CT molecular complexity index is 870. The van der Waals surface area contributed by atoms with E-state index in [4.69, 9.17) is 14.2 Å². The first-order chi connectivity index (χ1) is 13.7. The maximum Gasteiger partial charge on any atom is 0.410 e. The topological polar surface area (TPSA) is 65.1 Å². The molecule has 0 N–H and O–H groups in total. The fourth-order valence-electron chi connectivity index (χ4n) is 2.95. The lowest BCUT2D eigenvalue weighted by molar-refractivity contribution is 0.0300. The van der Waals surface area contributed by atoms with Crippen molar-refractivity contribution in [3.05, 3.63) is 47.5 Å². The minimum absolute atomic E-state index is 0.366. The standard InChI is InChI=1S/C23H29NO5/c1-23(2,3)29-22(26)24(4)12-11-16-9-7-8-10-18(16)19-14-21(28-6)20(27-5)13-17(19)15-25/h7-10,13-15H,11-12H2,1-6H3. The van der Waals surface area contributed by atoms with Gasteiger partial charge in [-0.2, -0.15) is 0 Å². The zero-order valence-corrected chi connectivity index (χ0v) is 17.9. The summed E-state index contributed by atoms with van der Waals surface area (Å²) in [6.45, 7) is 6.00. The number of methoxy groups -OCH3 is 2. The third-order valence-electron chi connectivity index (χ3n) is 4.41. The Morgan fingerprint density at radius 2 is 1.66 bits per heavy atom. The van der Waals surface area contributed by atoms with E-state index in [-0.39, 0.29) is 6.09 Å². The Kier molecular flexibility index (Phi) is 7.26. The number of carbonyl (C=O) groups is 2. The molecule has 1 amide bonds. The highest BCUT2D eigenvalue weighted by atomic mass is 16.6. The van der Waals surface area contributed by atoms with Crippen molar-refractivity contribution in [2.45, 2.75) is 32.8 Å². The van der Waals surface area contributed by atoms with Crippen LogP contribution in [0.1, 0.15) is 36.7 Å². The van der Waals surface area contributed by atoms with Gasteiger partial charge < -0.3 is 19.1 Å². The minimum atomic E-state index is -0.540. The lowest BCUT2D eigenvalue weighted by atomic mass is 9.93. The molecule has 0 atom stereocenters. The average Bonchev–Trinajstić information content (AvgIpc) is 2.69. The molecule has 0 saturated carbocycles. The molecule has 0 aliphatic heterocycles. The number of ether oxygens (including phenoxy) is 3. The molecule has 29 heavy (non-hydrogen) atoms. The van der Waals surface area contributed by atoms with Crippen LogP contribution < -0.4 is 9.47 Å². The molecule has 6 heteroatoms. The Balaban J connectivity index is 2.32. The number of carbonyl (C=O) groups excluding carboxylic acids is 2. The van der Waals surface area contributed by atoms with Crippen molar-refractivity contribution in [2.24, 2.45) is 0 Å². The second kappa shape index (κ2) is 9.45. The summed E-state index contributed by atoms with van der Waals surface area (Å²) in [6.07, 6.45) is 1.05. The van der Waals surface area contributed by atoms with Gasteiger partial charge in [-0.3, -0.25) is 4.79 Å². The smallest absolute Gasteiger partial charge is 0.410 e. The van der Waals surface area contributed by atoms with Crippen LogP contribution in [-0.4, -0.2) is 50.7 Å². The van der Waals surface area contributed by atoms with E-state index < -0.39 is 5.60 Å². The molecule has 0 aromatic heterocycles. The molecule has 0 bridgehead atoms. The molecule has 0 saturated heterocycles. The first kappa shape index (κ1) is 22.3. The number of aldehydes is 1. The van der Waals surface area contributed by atoms with Crippen molar-refractivity contribution in [1.82, 2.24) is 4.90 Å². The normalized spacial score (nSPS) is 11.0. The lowest BCUT2D eigenvalue weighted by Crippen LogP contribution is -2.35. The van der Waals surface area contributed by atoms with Crippen LogP contribution >= 0.6 is 0 Å². The van der Waals surface area contributed by atoms with E-state index in [2.05, 4.69) is 0 Å². The van der Waals surface area contributed by atoms with Crippen molar-refractivity contribution in [1.29, 1.82) is 0 Å². The highest BCUT2D eigenvalue weighted by molar-refractivity contribution is 5.90. The molecule has 0 fully saturated rings. The zero-order valence-electron chi connectivity index (χ0n) is 17.9. The fourth-order valence-corrected chi connectivity index (χ4v) is 2.95. The predicted molar refractivity (Wildman–Crippen MR) is 113 cm³/mol. The van der Waals surface area contributed by atoms with Crippen LogP contribution in [-0.2, 0) is 11.2 Å². The first-order valence-electron chi connectivity index (χ1n) is 9.43. The summed E-state index contributed by atoms with van der Waals surface area (Å²) in [7, 11) is 4.81. The Labute approximate surface area is 172 Å². The molecule has 156 valence electrons. The molecule has 0 heterocycles. The van der Waals surface area contributed by atoms with E-state index in [9.17, 15) is 9.59 Å². The molecule has 6 nitrogen and oxygen atoms in total. The summed E-state index contributed by atoms with van der Waals surface area (Å²) in [6, 6.07) is 11.3. The van der Waals surface area contributed by atoms with Crippen LogP contribution in [0.25, 0.3) is 11.1 Å². The molecule has 0 spiro atoms. The predicted octanol–water partition coefficient (Wildman–Crippen LogP) is 4.59. The number of hydrogen-bond donors (Lipinski definition) is 0. The van der Waals surface area contributed by atoms with Crippen molar-refractivity contribution in [3.63, 3.8) is 0 Å². The molecule has 2 rings (SSSR count). The van der Waals surface area contributed by atoms with Crippen LogP contribution in [0.2, 0.25) is 0 Å². The highest BCUT2D eigenvalue weighted by Gasteiger charge is 2.20. The number of hydrogen-bond acceptors (Lipinski definition) is 5. The van der Waals surface area contributed by atoms with E-state index >= 15 is 0 Å². The van der Waals surface area contributed by atoms with Crippen molar-refractivity contribution in [2.75, 3.05) is 27.8 Å². The largest absolute Gasteiger partial charge is 0.493 e. The van der Waals surface area contributed by atoms with Crippen LogP contribution in [0.4, 0.5) is 4.79 Å². The van der Waals surface area contributed by atoms with E-state index in [1.54, 1.807) is 31.2 Å². The molecule has 0 radical (unpaired) electrons. The van der Waals surface area contributed by atoms with Gasteiger partial charge in [-0.25, -0.2) is 4.79 Å². The van der Waals surface area contributed by atoms with Gasteiger partial charge in [0.1, 0.15) is 5.60 Å². The van der Waals surface area contributed by atoms with Crippen molar-refractivity contribution in [3.8, 4) is 22.6 Å². The van der Waals surface area contributed by atoms with Gasteiger partial charge in [0, 0.05) is 19.2 Å². The van der Waals surface area contributed by atoms with Crippen molar-refractivity contribution >= 4 is 12.4 Å². The number of likely N-dealkylation sites (N-methyl/N-ethyl adjacent to an activating group) is 1. The second-order valence-electron chi connectivity index (χ2n) is 7.72. The monoisotopic (exact) mass is 399 g/mol.